The predicted octanol–water partition coefficient (Wildman–Crippen LogP) is 1.82. The molecular formula is C15H21NO4. The van der Waals surface area contributed by atoms with E-state index in [0.717, 1.165) is 5.57 Å². The van der Waals surface area contributed by atoms with Crippen molar-refractivity contribution in [3.05, 3.63) is 23.3 Å². The molecule has 1 rings (SSSR count). The summed E-state index contributed by atoms with van der Waals surface area (Å²) >= 11 is 0. The van der Waals surface area contributed by atoms with Gasteiger partial charge in [0.1, 0.15) is 0 Å². The predicted molar refractivity (Wildman–Crippen MR) is 74.8 cm³/mol. The first-order valence-corrected chi connectivity index (χ1v) is 6.71. The maximum atomic E-state index is 12.0. The molecule has 20 heavy (non-hydrogen) atoms. The van der Waals surface area contributed by atoms with Gasteiger partial charge in [0, 0.05) is 12.8 Å². The van der Waals surface area contributed by atoms with E-state index in [1.165, 1.54) is 0 Å². The van der Waals surface area contributed by atoms with Crippen LogP contribution in [0.2, 0.25) is 0 Å². The Kier molecular flexibility index (Phi) is 5.67. The van der Waals surface area contributed by atoms with Crippen molar-refractivity contribution in [3.63, 3.8) is 0 Å². The highest BCUT2D eigenvalue weighted by molar-refractivity contribution is 6.08. The third-order valence-electron chi connectivity index (χ3n) is 3.38. The van der Waals surface area contributed by atoms with Gasteiger partial charge in [-0.3, -0.25) is 14.4 Å². The molecule has 0 saturated carbocycles. The van der Waals surface area contributed by atoms with Gasteiger partial charge >= 0.3 is 5.97 Å². The summed E-state index contributed by atoms with van der Waals surface area (Å²) < 4.78 is 0. The molecule has 0 heterocycles. The highest BCUT2D eigenvalue weighted by Crippen LogP contribution is 2.26. The Bertz CT molecular complexity index is 460. The second kappa shape index (κ2) is 7.03. The largest absolute Gasteiger partial charge is 0.481 e. The molecule has 0 aromatic rings. The van der Waals surface area contributed by atoms with Crippen LogP contribution in [0.15, 0.2) is 23.3 Å². The molecule has 0 fully saturated rings. The lowest BCUT2D eigenvalue weighted by atomic mass is 9.85. The minimum atomic E-state index is -0.964. The number of primary amides is 1. The van der Waals surface area contributed by atoms with Crippen molar-refractivity contribution in [2.75, 3.05) is 0 Å². The number of hydrogen-bond donors (Lipinski definition) is 2. The average molecular weight is 279 g/mol. The first-order valence-electron chi connectivity index (χ1n) is 6.71. The lowest BCUT2D eigenvalue weighted by Crippen LogP contribution is -2.19. The van der Waals surface area contributed by atoms with Crippen molar-refractivity contribution in [2.45, 2.75) is 39.5 Å². The van der Waals surface area contributed by atoms with E-state index in [9.17, 15) is 14.4 Å². The molecule has 5 nitrogen and oxygen atoms in total. The number of ketones is 1. The maximum absolute atomic E-state index is 12.0. The molecule has 3 N–H and O–H groups in total. The lowest BCUT2D eigenvalue weighted by molar-refractivity contribution is -0.138. The molecule has 110 valence electrons. The first kappa shape index (κ1) is 16.1. The van der Waals surface area contributed by atoms with Crippen molar-refractivity contribution < 1.29 is 19.5 Å². The monoisotopic (exact) mass is 279 g/mol. The normalized spacial score (nSPS) is 22.5. The van der Waals surface area contributed by atoms with Crippen molar-refractivity contribution in [3.8, 4) is 0 Å². The van der Waals surface area contributed by atoms with Crippen LogP contribution in [0.5, 0.6) is 0 Å². The number of hydrogen-bond acceptors (Lipinski definition) is 3. The SMILES string of the molecule is CC1=CC(C)C/C(=C/C[C@H](CC(N)=O)CC(=O)O)C1=O. The van der Waals surface area contributed by atoms with E-state index in [1.54, 1.807) is 13.0 Å². The van der Waals surface area contributed by atoms with Crippen LogP contribution in [0.3, 0.4) is 0 Å². The summed E-state index contributed by atoms with van der Waals surface area (Å²) in [5.74, 6) is -1.53. The number of amides is 1. The summed E-state index contributed by atoms with van der Waals surface area (Å²) in [5, 5.41) is 8.82. The summed E-state index contributed by atoms with van der Waals surface area (Å²) in [6.45, 7) is 3.81. The second-order valence-electron chi connectivity index (χ2n) is 5.46. The Hall–Kier alpha value is -1.91. The highest BCUT2D eigenvalue weighted by Gasteiger charge is 2.21. The average Bonchev–Trinajstić information content (AvgIpc) is 2.30. The highest BCUT2D eigenvalue weighted by atomic mass is 16.4. The summed E-state index contributed by atoms with van der Waals surface area (Å²) in [7, 11) is 0. The number of carbonyl (C=O) groups is 3. The molecule has 1 amide bonds. The topological polar surface area (TPSA) is 97.5 Å². The molecular weight excluding hydrogens is 258 g/mol. The number of aliphatic carboxylic acids is 1. The Morgan fingerprint density at radius 2 is 2.15 bits per heavy atom. The van der Waals surface area contributed by atoms with E-state index in [1.807, 2.05) is 13.0 Å². The molecule has 0 spiro atoms. The molecule has 0 aromatic heterocycles. The number of Topliss-reactive ketones (excluding diaryl/α,β-unsaturated/α-hetero) is 1. The van der Waals surface area contributed by atoms with Crippen molar-refractivity contribution in [1.82, 2.24) is 0 Å². The zero-order chi connectivity index (χ0) is 15.3. The fourth-order valence-corrected chi connectivity index (χ4v) is 2.51. The standard InChI is InChI=1S/C15H21NO4/c1-9-5-10(2)15(20)12(6-9)4-3-11(7-13(16)17)8-14(18)19/h4-5,9,11H,3,6-8H2,1-2H3,(H2,16,17)(H,18,19)/b12-4-/t9?,11-/m1/s1. The Morgan fingerprint density at radius 1 is 1.50 bits per heavy atom. The zero-order valence-electron chi connectivity index (χ0n) is 11.9. The van der Waals surface area contributed by atoms with Crippen molar-refractivity contribution >= 4 is 17.7 Å². The Balaban J connectivity index is 2.76. The molecule has 5 heteroatoms. The number of carbonyl (C=O) groups excluding carboxylic acids is 2. The van der Waals surface area contributed by atoms with E-state index in [-0.39, 0.29) is 24.5 Å². The third kappa shape index (κ3) is 4.99. The van der Waals surface area contributed by atoms with Crippen molar-refractivity contribution in [2.24, 2.45) is 17.6 Å². The van der Waals surface area contributed by atoms with Gasteiger partial charge in [-0.15, -0.1) is 0 Å². The van der Waals surface area contributed by atoms with Crippen molar-refractivity contribution in [1.29, 1.82) is 0 Å². The fourth-order valence-electron chi connectivity index (χ4n) is 2.51. The van der Waals surface area contributed by atoms with Gasteiger partial charge in [0.15, 0.2) is 5.78 Å². The van der Waals surface area contributed by atoms with Gasteiger partial charge < -0.3 is 10.8 Å². The minimum Gasteiger partial charge on any atom is -0.481 e. The van der Waals surface area contributed by atoms with Gasteiger partial charge in [-0.25, -0.2) is 0 Å². The van der Waals surface area contributed by atoms with Crippen LogP contribution in [0, 0.1) is 11.8 Å². The molecule has 1 aliphatic rings. The van der Waals surface area contributed by atoms with Gasteiger partial charge in [0.2, 0.25) is 5.91 Å². The van der Waals surface area contributed by atoms with E-state index < -0.39 is 11.9 Å². The number of rotatable bonds is 6. The Labute approximate surface area is 118 Å². The van der Waals surface area contributed by atoms with Gasteiger partial charge in [-0.1, -0.05) is 19.1 Å². The van der Waals surface area contributed by atoms with E-state index in [4.69, 9.17) is 10.8 Å². The van der Waals surface area contributed by atoms with Crippen LogP contribution >= 0.6 is 0 Å². The minimum absolute atomic E-state index is 0.0104. The van der Waals surface area contributed by atoms with E-state index in [0.29, 0.717) is 24.3 Å². The maximum Gasteiger partial charge on any atom is 0.303 e. The van der Waals surface area contributed by atoms with Gasteiger partial charge in [-0.2, -0.15) is 0 Å². The molecule has 2 atom stereocenters. The summed E-state index contributed by atoms with van der Waals surface area (Å²) in [4.78, 5) is 33.7. The third-order valence-corrected chi connectivity index (χ3v) is 3.38. The number of allylic oxidation sites excluding steroid dienone is 4. The molecule has 0 aromatic carbocycles. The zero-order valence-corrected chi connectivity index (χ0v) is 11.9. The van der Waals surface area contributed by atoms with Crippen LogP contribution in [-0.2, 0) is 14.4 Å². The molecule has 0 bridgehead atoms. The van der Waals surface area contributed by atoms with Gasteiger partial charge in [0.25, 0.3) is 0 Å². The number of carboxylic acid groups (broad SMARTS) is 1. The molecule has 0 saturated heterocycles. The summed E-state index contributed by atoms with van der Waals surface area (Å²) in [6.07, 6.45) is 4.66. The summed E-state index contributed by atoms with van der Waals surface area (Å²) in [5.41, 5.74) is 6.55. The Morgan fingerprint density at radius 3 is 2.70 bits per heavy atom. The fraction of sp³-hybridized carbons (Fsp3) is 0.533. The van der Waals surface area contributed by atoms with Crippen LogP contribution in [0.1, 0.15) is 39.5 Å². The molecule has 1 unspecified atom stereocenters. The van der Waals surface area contributed by atoms with Crippen LogP contribution in [0.4, 0.5) is 0 Å². The molecule has 0 radical (unpaired) electrons. The van der Waals surface area contributed by atoms with Crippen LogP contribution in [0.25, 0.3) is 0 Å². The van der Waals surface area contributed by atoms with Gasteiger partial charge in [-0.05, 0) is 42.7 Å². The van der Waals surface area contributed by atoms with E-state index >= 15 is 0 Å². The smallest absolute Gasteiger partial charge is 0.303 e. The molecule has 1 aliphatic carbocycles. The number of nitrogens with two attached hydrogens (primary N) is 1. The lowest BCUT2D eigenvalue weighted by Gasteiger charge is -2.18. The van der Waals surface area contributed by atoms with E-state index in [2.05, 4.69) is 0 Å². The van der Waals surface area contributed by atoms with Crippen LogP contribution in [-0.4, -0.2) is 22.8 Å². The number of carboxylic acids is 1. The van der Waals surface area contributed by atoms with Crippen LogP contribution < -0.4 is 5.73 Å². The molecule has 0 aliphatic heterocycles. The first-order chi connectivity index (χ1) is 9.29. The second-order valence-corrected chi connectivity index (χ2v) is 5.46. The quantitative estimate of drug-likeness (QED) is 0.725. The van der Waals surface area contributed by atoms with Gasteiger partial charge in [0.05, 0.1) is 0 Å². The summed E-state index contributed by atoms with van der Waals surface area (Å²) in [6, 6.07) is 0.